The van der Waals surface area contributed by atoms with Gasteiger partial charge in [0, 0.05) is 10.9 Å². The third-order valence-electron chi connectivity index (χ3n) is 6.72. The van der Waals surface area contributed by atoms with Crippen LogP contribution in [0.4, 0.5) is 5.69 Å². The van der Waals surface area contributed by atoms with E-state index in [0.717, 1.165) is 59.8 Å². The second-order valence-electron chi connectivity index (χ2n) is 9.19. The smallest absolute Gasteiger partial charge is 0.255 e. The number of carbonyl (C=O) groups is 1. The number of nitrogens with one attached hydrogen (secondary N) is 1. The summed E-state index contributed by atoms with van der Waals surface area (Å²) in [7, 11) is 0. The Balaban J connectivity index is 1.60. The number of furan rings is 1. The van der Waals surface area contributed by atoms with Crippen molar-refractivity contribution in [1.29, 1.82) is 0 Å². The van der Waals surface area contributed by atoms with Gasteiger partial charge in [-0.2, -0.15) is 0 Å². The lowest BCUT2D eigenvalue weighted by Crippen LogP contribution is -2.37. The molecule has 0 radical (unpaired) electrons. The quantitative estimate of drug-likeness (QED) is 0.372. The molecule has 33 heavy (non-hydrogen) atoms. The summed E-state index contributed by atoms with van der Waals surface area (Å²) in [6, 6.07) is 26.1. The van der Waals surface area contributed by atoms with Crippen molar-refractivity contribution in [3.05, 3.63) is 101 Å². The van der Waals surface area contributed by atoms with Crippen LogP contribution in [0.25, 0.3) is 11.0 Å². The summed E-state index contributed by atoms with van der Waals surface area (Å²) in [5.74, 6) is 1.41. The van der Waals surface area contributed by atoms with Gasteiger partial charge < -0.3 is 9.73 Å². The van der Waals surface area contributed by atoms with E-state index in [4.69, 9.17) is 4.42 Å². The van der Waals surface area contributed by atoms with E-state index in [1.54, 1.807) is 0 Å². The van der Waals surface area contributed by atoms with E-state index in [1.165, 1.54) is 5.56 Å². The van der Waals surface area contributed by atoms with Gasteiger partial charge in [-0.05, 0) is 68.6 Å². The van der Waals surface area contributed by atoms with Crippen molar-refractivity contribution in [1.82, 2.24) is 4.90 Å². The molecule has 1 aromatic heterocycles. The molecular formula is C29H30N2O2. The Bertz CT molecular complexity index is 1240. The summed E-state index contributed by atoms with van der Waals surface area (Å²) >= 11 is 0. The molecule has 1 saturated heterocycles. The predicted octanol–water partition coefficient (Wildman–Crippen LogP) is 6.81. The van der Waals surface area contributed by atoms with Crippen LogP contribution in [0.1, 0.15) is 53.1 Å². The fraction of sp³-hybridized carbons (Fsp3) is 0.276. The molecule has 0 bridgehead atoms. The maximum Gasteiger partial charge on any atom is 0.255 e. The molecule has 4 heteroatoms. The Labute approximate surface area is 195 Å². The molecule has 1 unspecified atom stereocenters. The number of nitrogens with zero attached hydrogens (tertiary/aromatic N) is 1. The third-order valence-corrected chi connectivity index (χ3v) is 6.72. The first-order valence-corrected chi connectivity index (χ1v) is 11.8. The zero-order chi connectivity index (χ0) is 22.8. The van der Waals surface area contributed by atoms with E-state index < -0.39 is 0 Å². The van der Waals surface area contributed by atoms with Gasteiger partial charge >= 0.3 is 0 Å². The van der Waals surface area contributed by atoms with E-state index in [-0.39, 0.29) is 11.9 Å². The van der Waals surface area contributed by atoms with Gasteiger partial charge in [0.1, 0.15) is 11.3 Å². The molecule has 5 rings (SSSR count). The Morgan fingerprint density at radius 2 is 1.61 bits per heavy atom. The van der Waals surface area contributed by atoms with Crippen LogP contribution in [0.3, 0.4) is 0 Å². The zero-order valence-electron chi connectivity index (χ0n) is 19.3. The van der Waals surface area contributed by atoms with Crippen LogP contribution in [0.2, 0.25) is 0 Å². The third kappa shape index (κ3) is 4.44. The SMILES string of the molecule is Cc1ccc(C(=O)Nc2c(C(c3ccccc3)N3CCC(C)CC3)oc3ccccc23)cc1. The molecule has 0 aliphatic carbocycles. The predicted molar refractivity (Wildman–Crippen MR) is 134 cm³/mol. The van der Waals surface area contributed by atoms with Crippen molar-refractivity contribution in [2.24, 2.45) is 5.92 Å². The highest BCUT2D eigenvalue weighted by Gasteiger charge is 2.32. The molecule has 2 heterocycles. The van der Waals surface area contributed by atoms with Gasteiger partial charge in [-0.1, -0.05) is 67.1 Å². The van der Waals surface area contributed by atoms with Gasteiger partial charge in [0.05, 0.1) is 11.7 Å². The summed E-state index contributed by atoms with van der Waals surface area (Å²) < 4.78 is 6.50. The molecule has 1 atom stereocenters. The number of carbonyl (C=O) groups excluding carboxylic acids is 1. The van der Waals surface area contributed by atoms with Crippen LogP contribution in [0.15, 0.2) is 83.3 Å². The molecule has 4 nitrogen and oxygen atoms in total. The molecular weight excluding hydrogens is 408 g/mol. The number of hydrogen-bond donors (Lipinski definition) is 1. The Morgan fingerprint density at radius 1 is 0.939 bits per heavy atom. The minimum Gasteiger partial charge on any atom is -0.457 e. The molecule has 1 amide bonds. The van der Waals surface area contributed by atoms with Crippen molar-refractivity contribution in [2.75, 3.05) is 18.4 Å². The average Bonchev–Trinajstić information content (AvgIpc) is 3.19. The number of benzene rings is 3. The lowest BCUT2D eigenvalue weighted by molar-refractivity contribution is 0.102. The molecule has 1 aliphatic heterocycles. The highest BCUT2D eigenvalue weighted by atomic mass is 16.3. The molecule has 1 aliphatic rings. The van der Waals surface area contributed by atoms with Gasteiger partial charge in [-0.25, -0.2) is 0 Å². The van der Waals surface area contributed by atoms with Crippen LogP contribution in [0, 0.1) is 12.8 Å². The van der Waals surface area contributed by atoms with Crippen LogP contribution in [0.5, 0.6) is 0 Å². The maximum absolute atomic E-state index is 13.2. The van der Waals surface area contributed by atoms with Crippen molar-refractivity contribution in [3.63, 3.8) is 0 Å². The second-order valence-corrected chi connectivity index (χ2v) is 9.19. The van der Waals surface area contributed by atoms with Gasteiger partial charge in [0.25, 0.3) is 5.91 Å². The zero-order valence-corrected chi connectivity index (χ0v) is 19.3. The molecule has 0 spiro atoms. The Kier molecular flexibility index (Phi) is 6.01. The van der Waals surface area contributed by atoms with Crippen LogP contribution in [-0.2, 0) is 0 Å². The van der Waals surface area contributed by atoms with E-state index in [0.29, 0.717) is 5.56 Å². The number of rotatable bonds is 5. The first kappa shape index (κ1) is 21.5. The average molecular weight is 439 g/mol. The van der Waals surface area contributed by atoms with Crippen molar-refractivity contribution < 1.29 is 9.21 Å². The lowest BCUT2D eigenvalue weighted by atomic mass is 9.94. The van der Waals surface area contributed by atoms with E-state index in [9.17, 15) is 4.79 Å². The largest absolute Gasteiger partial charge is 0.457 e. The number of likely N-dealkylation sites (tertiary alicyclic amines) is 1. The minimum atomic E-state index is -0.123. The topological polar surface area (TPSA) is 45.5 Å². The monoisotopic (exact) mass is 438 g/mol. The van der Waals surface area contributed by atoms with E-state index in [2.05, 4.69) is 41.4 Å². The standard InChI is InChI=1S/C29H30N2O2/c1-20-12-14-23(15-13-20)29(32)30-26-24-10-6-7-11-25(24)33-28(26)27(22-8-4-3-5-9-22)31-18-16-21(2)17-19-31/h3-15,21,27H,16-19H2,1-2H3,(H,30,32). The van der Waals surface area contributed by atoms with E-state index >= 15 is 0 Å². The fourth-order valence-corrected chi connectivity index (χ4v) is 4.73. The minimum absolute atomic E-state index is 0.0561. The van der Waals surface area contributed by atoms with Crippen molar-refractivity contribution in [3.8, 4) is 0 Å². The van der Waals surface area contributed by atoms with Gasteiger partial charge in [-0.3, -0.25) is 9.69 Å². The Morgan fingerprint density at radius 3 is 2.33 bits per heavy atom. The number of anilines is 1. The summed E-state index contributed by atoms with van der Waals surface area (Å²) in [5, 5.41) is 4.14. The number of piperidine rings is 1. The first-order valence-electron chi connectivity index (χ1n) is 11.8. The summed E-state index contributed by atoms with van der Waals surface area (Å²) in [6.45, 7) is 6.35. The van der Waals surface area contributed by atoms with Crippen LogP contribution < -0.4 is 5.32 Å². The van der Waals surface area contributed by atoms with Gasteiger partial charge in [0.15, 0.2) is 0 Å². The van der Waals surface area contributed by atoms with Gasteiger partial charge in [-0.15, -0.1) is 0 Å². The second kappa shape index (κ2) is 9.24. The fourth-order valence-electron chi connectivity index (χ4n) is 4.73. The number of fused-ring (bicyclic) bond motifs is 1. The first-order chi connectivity index (χ1) is 16.1. The molecule has 0 saturated carbocycles. The molecule has 1 N–H and O–H groups in total. The number of aryl methyl sites for hydroxylation is 1. The normalized spacial score (nSPS) is 16.1. The van der Waals surface area contributed by atoms with Crippen LogP contribution >= 0.6 is 0 Å². The molecule has 4 aromatic rings. The number of amides is 1. The molecule has 168 valence electrons. The highest BCUT2D eigenvalue weighted by molar-refractivity contribution is 6.09. The highest BCUT2D eigenvalue weighted by Crippen LogP contribution is 2.41. The molecule has 1 fully saturated rings. The number of hydrogen-bond acceptors (Lipinski definition) is 3. The van der Waals surface area contributed by atoms with E-state index in [1.807, 2.05) is 61.5 Å². The van der Waals surface area contributed by atoms with Crippen molar-refractivity contribution >= 4 is 22.6 Å². The van der Waals surface area contributed by atoms with Crippen molar-refractivity contribution in [2.45, 2.75) is 32.7 Å². The number of para-hydroxylation sites is 1. The lowest BCUT2D eigenvalue weighted by Gasteiger charge is -2.36. The van der Waals surface area contributed by atoms with Crippen LogP contribution in [-0.4, -0.2) is 23.9 Å². The molecule has 3 aromatic carbocycles. The maximum atomic E-state index is 13.2. The summed E-state index contributed by atoms with van der Waals surface area (Å²) in [4.78, 5) is 15.7. The Hall–Kier alpha value is -3.37. The summed E-state index contributed by atoms with van der Waals surface area (Å²) in [6.07, 6.45) is 2.32. The summed E-state index contributed by atoms with van der Waals surface area (Å²) in [5.41, 5.74) is 4.50. The van der Waals surface area contributed by atoms with Gasteiger partial charge in [0.2, 0.25) is 0 Å².